The molecule has 2 N–H and O–H groups in total. The van der Waals surface area contributed by atoms with Crippen LogP contribution in [0, 0.1) is 5.92 Å². The highest BCUT2D eigenvalue weighted by Gasteiger charge is 2.35. The van der Waals surface area contributed by atoms with Crippen LogP contribution in [0.25, 0.3) is 0 Å². The number of phenolic OH excluding ortho intramolecular Hbond substituents is 1. The third-order valence-electron chi connectivity index (χ3n) is 4.18. The van der Waals surface area contributed by atoms with Gasteiger partial charge in [0.05, 0.1) is 5.56 Å². The number of hydrogen-bond acceptors (Lipinski definition) is 3. The lowest BCUT2D eigenvalue weighted by molar-refractivity contribution is 0.0619. The summed E-state index contributed by atoms with van der Waals surface area (Å²) in [6.45, 7) is 3.24. The van der Waals surface area contributed by atoms with Crippen LogP contribution in [-0.4, -0.2) is 41.6 Å². The highest BCUT2D eigenvalue weighted by molar-refractivity contribution is 9.10. The second-order valence-electron chi connectivity index (χ2n) is 5.38. The number of nitrogens with one attached hydrogen (secondary N) is 1. The summed E-state index contributed by atoms with van der Waals surface area (Å²) in [7, 11) is 0. The maximum atomic E-state index is 12.2. The molecule has 5 heteroatoms. The first-order valence-corrected chi connectivity index (χ1v) is 7.44. The van der Waals surface area contributed by atoms with Gasteiger partial charge in [-0.2, -0.15) is 0 Å². The van der Waals surface area contributed by atoms with E-state index in [0.717, 1.165) is 36.9 Å². The summed E-state index contributed by atoms with van der Waals surface area (Å²) in [6.07, 6.45) is 2.33. The molecular weight excluding hydrogens is 308 g/mol. The molecule has 1 aromatic rings. The third-order valence-corrected chi connectivity index (χ3v) is 4.67. The van der Waals surface area contributed by atoms with Gasteiger partial charge in [0.1, 0.15) is 5.75 Å². The van der Waals surface area contributed by atoms with Gasteiger partial charge in [-0.25, -0.2) is 0 Å². The highest BCUT2D eigenvalue weighted by Crippen LogP contribution is 2.28. The van der Waals surface area contributed by atoms with Crippen LogP contribution >= 0.6 is 15.9 Å². The lowest BCUT2D eigenvalue weighted by Gasteiger charge is -2.44. The van der Waals surface area contributed by atoms with Gasteiger partial charge >= 0.3 is 0 Å². The van der Waals surface area contributed by atoms with E-state index in [2.05, 4.69) is 26.1 Å². The Hall–Kier alpha value is -1.07. The van der Waals surface area contributed by atoms with Crippen molar-refractivity contribution in [2.75, 3.05) is 19.6 Å². The minimum atomic E-state index is -0.177. The Labute approximate surface area is 120 Å². The Bertz CT molecular complexity index is 498. The number of carbonyl (C=O) groups is 1. The van der Waals surface area contributed by atoms with E-state index in [0.29, 0.717) is 11.5 Å². The number of amides is 1. The van der Waals surface area contributed by atoms with Crippen molar-refractivity contribution < 1.29 is 9.90 Å². The minimum absolute atomic E-state index is 0.0214. The molecule has 0 saturated carbocycles. The summed E-state index contributed by atoms with van der Waals surface area (Å²) in [6, 6.07) is 5.19. The van der Waals surface area contributed by atoms with Gasteiger partial charge in [-0.15, -0.1) is 0 Å². The average Bonchev–Trinajstić information content (AvgIpc) is 2.39. The molecule has 3 saturated heterocycles. The lowest BCUT2D eigenvalue weighted by atomic mass is 9.84. The van der Waals surface area contributed by atoms with Crippen LogP contribution < -0.4 is 5.32 Å². The smallest absolute Gasteiger partial charge is 0.255 e. The molecule has 3 aliphatic heterocycles. The summed E-state index contributed by atoms with van der Waals surface area (Å²) in [5.74, 6) is 0.434. The fourth-order valence-electron chi connectivity index (χ4n) is 3.07. The zero-order chi connectivity index (χ0) is 13.4. The standard InChI is InChI=1S/C14H17BrN2O2/c15-10-1-2-11(13(18)7-10)14(19)16-12-8-17-5-3-9(12)4-6-17/h1-2,7,9,12,18H,3-6,8H2,(H,16,19). The second kappa shape index (κ2) is 5.13. The van der Waals surface area contributed by atoms with Crippen LogP contribution in [0.5, 0.6) is 5.75 Å². The van der Waals surface area contributed by atoms with Crippen LogP contribution in [0.15, 0.2) is 22.7 Å². The van der Waals surface area contributed by atoms with E-state index in [9.17, 15) is 9.90 Å². The van der Waals surface area contributed by atoms with Gasteiger partial charge in [-0.1, -0.05) is 15.9 Å². The lowest BCUT2D eigenvalue weighted by Crippen LogP contribution is -2.57. The molecule has 3 heterocycles. The third kappa shape index (κ3) is 2.62. The van der Waals surface area contributed by atoms with Crippen molar-refractivity contribution in [1.29, 1.82) is 0 Å². The molecule has 4 nitrogen and oxygen atoms in total. The van der Waals surface area contributed by atoms with Crippen molar-refractivity contribution in [1.82, 2.24) is 10.2 Å². The maximum Gasteiger partial charge on any atom is 0.255 e. The molecule has 0 spiro atoms. The first-order valence-electron chi connectivity index (χ1n) is 6.65. The molecule has 4 rings (SSSR count). The van der Waals surface area contributed by atoms with Gasteiger partial charge in [-0.3, -0.25) is 4.79 Å². The molecular formula is C14H17BrN2O2. The number of piperidine rings is 3. The van der Waals surface area contributed by atoms with E-state index in [1.807, 2.05) is 0 Å². The van der Waals surface area contributed by atoms with Crippen molar-refractivity contribution in [3.8, 4) is 5.75 Å². The Morgan fingerprint density at radius 2 is 2.11 bits per heavy atom. The fraction of sp³-hybridized carbons (Fsp3) is 0.500. The fourth-order valence-corrected chi connectivity index (χ4v) is 3.42. The van der Waals surface area contributed by atoms with E-state index in [1.54, 1.807) is 18.2 Å². The predicted octanol–water partition coefficient (Wildman–Crippen LogP) is 1.98. The molecule has 3 aliphatic rings. The van der Waals surface area contributed by atoms with Crippen molar-refractivity contribution >= 4 is 21.8 Å². The molecule has 1 atom stereocenters. The first-order chi connectivity index (χ1) is 9.13. The van der Waals surface area contributed by atoms with Crippen molar-refractivity contribution in [3.05, 3.63) is 28.2 Å². The molecule has 1 aromatic carbocycles. The van der Waals surface area contributed by atoms with Crippen LogP contribution in [-0.2, 0) is 0 Å². The minimum Gasteiger partial charge on any atom is -0.507 e. The van der Waals surface area contributed by atoms with Gasteiger partial charge < -0.3 is 15.3 Å². The maximum absolute atomic E-state index is 12.2. The number of carbonyl (C=O) groups excluding carboxylic acids is 1. The topological polar surface area (TPSA) is 52.6 Å². The van der Waals surface area contributed by atoms with E-state index in [-0.39, 0.29) is 17.7 Å². The molecule has 102 valence electrons. The van der Waals surface area contributed by atoms with E-state index < -0.39 is 0 Å². The summed E-state index contributed by atoms with van der Waals surface area (Å²) < 4.78 is 0.768. The SMILES string of the molecule is O=C(NC1CN2CCC1CC2)c1ccc(Br)cc1O. The molecule has 1 amide bonds. The van der Waals surface area contributed by atoms with Gasteiger partial charge in [0.15, 0.2) is 0 Å². The zero-order valence-corrected chi connectivity index (χ0v) is 12.2. The first kappa shape index (κ1) is 12.9. The Morgan fingerprint density at radius 1 is 1.37 bits per heavy atom. The van der Waals surface area contributed by atoms with E-state index in [1.165, 1.54) is 0 Å². The average molecular weight is 325 g/mol. The molecule has 1 unspecified atom stereocenters. The van der Waals surface area contributed by atoms with Gasteiger partial charge in [0.25, 0.3) is 5.91 Å². The summed E-state index contributed by atoms with van der Waals surface area (Å²) in [4.78, 5) is 14.6. The molecule has 0 aromatic heterocycles. The summed E-state index contributed by atoms with van der Waals surface area (Å²) >= 11 is 3.27. The molecule has 0 radical (unpaired) electrons. The van der Waals surface area contributed by atoms with Gasteiger partial charge in [0.2, 0.25) is 0 Å². The van der Waals surface area contributed by atoms with Crippen LogP contribution in [0.3, 0.4) is 0 Å². The number of nitrogens with zero attached hydrogens (tertiary/aromatic N) is 1. The molecule has 3 fully saturated rings. The molecule has 2 bridgehead atoms. The number of phenols is 1. The number of hydrogen-bond donors (Lipinski definition) is 2. The van der Waals surface area contributed by atoms with Crippen LogP contribution in [0.4, 0.5) is 0 Å². The van der Waals surface area contributed by atoms with Crippen LogP contribution in [0.1, 0.15) is 23.2 Å². The van der Waals surface area contributed by atoms with Crippen LogP contribution in [0.2, 0.25) is 0 Å². The second-order valence-corrected chi connectivity index (χ2v) is 6.30. The Balaban J connectivity index is 1.71. The van der Waals surface area contributed by atoms with Crippen molar-refractivity contribution in [3.63, 3.8) is 0 Å². The van der Waals surface area contributed by atoms with Gasteiger partial charge in [-0.05, 0) is 50.0 Å². The van der Waals surface area contributed by atoms with E-state index >= 15 is 0 Å². The van der Waals surface area contributed by atoms with Gasteiger partial charge in [0, 0.05) is 17.1 Å². The predicted molar refractivity (Wildman–Crippen MR) is 76.2 cm³/mol. The van der Waals surface area contributed by atoms with Crippen molar-refractivity contribution in [2.24, 2.45) is 5.92 Å². The van der Waals surface area contributed by atoms with E-state index in [4.69, 9.17) is 0 Å². The number of benzene rings is 1. The normalized spacial score (nSPS) is 29.2. The number of halogens is 1. The zero-order valence-electron chi connectivity index (χ0n) is 10.6. The largest absolute Gasteiger partial charge is 0.507 e. The molecule has 19 heavy (non-hydrogen) atoms. The summed E-state index contributed by atoms with van der Waals surface area (Å²) in [5, 5.41) is 12.9. The summed E-state index contributed by atoms with van der Waals surface area (Å²) in [5.41, 5.74) is 0.347. The Morgan fingerprint density at radius 3 is 2.68 bits per heavy atom. The highest BCUT2D eigenvalue weighted by atomic mass is 79.9. The number of rotatable bonds is 2. The van der Waals surface area contributed by atoms with Crippen molar-refractivity contribution in [2.45, 2.75) is 18.9 Å². The number of aromatic hydroxyl groups is 1. The Kier molecular flexibility index (Phi) is 3.50. The quantitative estimate of drug-likeness (QED) is 0.874. The number of fused-ring (bicyclic) bond motifs is 3. The monoisotopic (exact) mass is 324 g/mol. The molecule has 0 aliphatic carbocycles.